The van der Waals surface area contributed by atoms with E-state index in [1.54, 1.807) is 24.3 Å². The summed E-state index contributed by atoms with van der Waals surface area (Å²) in [6.07, 6.45) is -0.0528. The highest BCUT2D eigenvalue weighted by atomic mass is 32.1. The quantitative estimate of drug-likeness (QED) is 0.894. The van der Waals surface area contributed by atoms with Gasteiger partial charge in [-0.1, -0.05) is 13.8 Å². The Morgan fingerprint density at radius 1 is 1.28 bits per heavy atom. The Bertz CT molecular complexity index is 505. The van der Waals surface area contributed by atoms with Crippen LogP contribution in [0, 0.1) is 0 Å². The van der Waals surface area contributed by atoms with Crippen LogP contribution in [0.4, 0.5) is 0 Å². The number of carboxylic acid groups (broad SMARTS) is 1. The number of aromatic nitrogens is 1. The molecule has 2 aromatic rings. The molecular formula is C13H15NO3S. The van der Waals surface area contributed by atoms with Crippen LogP contribution in [0.5, 0.6) is 5.75 Å². The van der Waals surface area contributed by atoms with E-state index in [1.165, 1.54) is 11.3 Å². The van der Waals surface area contributed by atoms with Crippen LogP contribution in [0.1, 0.15) is 18.9 Å². The zero-order valence-electron chi connectivity index (χ0n) is 10.3. The Balaban J connectivity index is 0.000000771. The van der Waals surface area contributed by atoms with Crippen LogP contribution in [0.2, 0.25) is 0 Å². The van der Waals surface area contributed by atoms with Gasteiger partial charge in [-0.05, 0) is 24.3 Å². The molecule has 18 heavy (non-hydrogen) atoms. The number of aliphatic carboxylic acids is 1. The lowest BCUT2D eigenvalue weighted by Crippen LogP contribution is -1.99. The first-order valence-electron chi connectivity index (χ1n) is 5.61. The summed E-state index contributed by atoms with van der Waals surface area (Å²) in [6.45, 7) is 4.00. The molecule has 0 spiro atoms. The Morgan fingerprint density at radius 2 is 1.89 bits per heavy atom. The molecule has 4 nitrogen and oxygen atoms in total. The van der Waals surface area contributed by atoms with Crippen LogP contribution >= 0.6 is 11.3 Å². The fourth-order valence-corrected chi connectivity index (χ4v) is 2.08. The highest BCUT2D eigenvalue weighted by Gasteiger charge is 2.07. The van der Waals surface area contributed by atoms with E-state index in [0.29, 0.717) is 5.01 Å². The third-order valence-corrected chi connectivity index (χ3v) is 2.87. The van der Waals surface area contributed by atoms with E-state index >= 15 is 0 Å². The second-order valence-electron chi connectivity index (χ2n) is 3.24. The van der Waals surface area contributed by atoms with Crippen molar-refractivity contribution in [2.75, 3.05) is 0 Å². The smallest absolute Gasteiger partial charge is 0.310 e. The molecule has 2 N–H and O–H groups in total. The van der Waals surface area contributed by atoms with E-state index in [2.05, 4.69) is 4.98 Å². The highest BCUT2D eigenvalue weighted by molar-refractivity contribution is 7.10. The van der Waals surface area contributed by atoms with Gasteiger partial charge in [0.25, 0.3) is 0 Å². The van der Waals surface area contributed by atoms with E-state index in [-0.39, 0.29) is 12.2 Å². The molecule has 96 valence electrons. The first-order valence-corrected chi connectivity index (χ1v) is 6.49. The van der Waals surface area contributed by atoms with E-state index in [9.17, 15) is 4.79 Å². The van der Waals surface area contributed by atoms with Crippen molar-refractivity contribution in [1.82, 2.24) is 4.98 Å². The van der Waals surface area contributed by atoms with Gasteiger partial charge in [-0.25, -0.2) is 4.98 Å². The van der Waals surface area contributed by atoms with Gasteiger partial charge in [0.05, 0.1) is 12.1 Å². The van der Waals surface area contributed by atoms with Gasteiger partial charge in [0.15, 0.2) is 0 Å². The number of nitrogens with zero attached hydrogens (tertiary/aromatic N) is 1. The maximum atomic E-state index is 10.5. The standard InChI is InChI=1S/C11H9NO3S.C2H6/c13-8-3-1-7(2-4-8)9-6-16-10(12-9)5-11(14)15;1-2/h1-4,6,13H,5H2,(H,14,15);1-2H3. The summed E-state index contributed by atoms with van der Waals surface area (Å²) in [7, 11) is 0. The molecule has 0 amide bonds. The van der Waals surface area contributed by atoms with Gasteiger partial charge in [0.2, 0.25) is 0 Å². The molecule has 0 bridgehead atoms. The first kappa shape index (κ1) is 14.2. The molecule has 1 aromatic heterocycles. The van der Waals surface area contributed by atoms with Crippen molar-refractivity contribution in [3.05, 3.63) is 34.7 Å². The zero-order chi connectivity index (χ0) is 13.5. The van der Waals surface area contributed by atoms with Gasteiger partial charge in [-0.2, -0.15) is 0 Å². The molecular weight excluding hydrogens is 250 g/mol. The van der Waals surface area contributed by atoms with Crippen molar-refractivity contribution in [3.8, 4) is 17.0 Å². The minimum absolute atomic E-state index is 0.0528. The van der Waals surface area contributed by atoms with Crippen LogP contribution in [0.15, 0.2) is 29.6 Å². The normalized spacial score (nSPS) is 9.44. The number of benzene rings is 1. The monoisotopic (exact) mass is 265 g/mol. The maximum absolute atomic E-state index is 10.5. The largest absolute Gasteiger partial charge is 0.508 e. The molecule has 1 heterocycles. The third-order valence-electron chi connectivity index (χ3n) is 2.02. The molecule has 0 saturated heterocycles. The molecule has 0 atom stereocenters. The van der Waals surface area contributed by atoms with Crippen molar-refractivity contribution in [1.29, 1.82) is 0 Å². The third kappa shape index (κ3) is 3.85. The summed E-state index contributed by atoms with van der Waals surface area (Å²) in [5.41, 5.74) is 1.60. The van der Waals surface area contributed by atoms with Crippen molar-refractivity contribution in [3.63, 3.8) is 0 Å². The summed E-state index contributed by atoms with van der Waals surface area (Å²) in [6, 6.07) is 6.64. The predicted molar refractivity (Wildman–Crippen MR) is 71.9 cm³/mol. The molecule has 1 aromatic carbocycles. The van der Waals surface area contributed by atoms with Crippen molar-refractivity contribution in [2.45, 2.75) is 20.3 Å². The van der Waals surface area contributed by atoms with Crippen LogP contribution in [0.25, 0.3) is 11.3 Å². The lowest BCUT2D eigenvalue weighted by atomic mass is 10.2. The number of phenolic OH excluding ortho intramolecular Hbond substituents is 1. The first-order chi connectivity index (χ1) is 8.65. The Kier molecular flexibility index (Phi) is 5.32. The topological polar surface area (TPSA) is 70.4 Å². The van der Waals surface area contributed by atoms with Crippen LogP contribution in [0.3, 0.4) is 0 Å². The van der Waals surface area contributed by atoms with E-state index in [1.807, 2.05) is 19.2 Å². The number of hydrogen-bond donors (Lipinski definition) is 2. The summed E-state index contributed by atoms with van der Waals surface area (Å²) in [5, 5.41) is 20.1. The van der Waals surface area contributed by atoms with E-state index in [0.717, 1.165) is 11.3 Å². The second-order valence-corrected chi connectivity index (χ2v) is 4.19. The Morgan fingerprint density at radius 3 is 2.44 bits per heavy atom. The minimum Gasteiger partial charge on any atom is -0.508 e. The van der Waals surface area contributed by atoms with E-state index < -0.39 is 5.97 Å². The van der Waals surface area contributed by atoms with Crippen molar-refractivity contribution < 1.29 is 15.0 Å². The lowest BCUT2D eigenvalue weighted by molar-refractivity contribution is -0.136. The van der Waals surface area contributed by atoms with Gasteiger partial charge in [-0.15, -0.1) is 11.3 Å². The summed E-state index contributed by atoms with van der Waals surface area (Å²) < 4.78 is 0. The molecule has 0 aliphatic rings. The second kappa shape index (κ2) is 6.76. The van der Waals surface area contributed by atoms with Crippen LogP contribution in [-0.4, -0.2) is 21.2 Å². The van der Waals surface area contributed by atoms with Crippen LogP contribution < -0.4 is 0 Å². The SMILES string of the molecule is CC.O=C(O)Cc1nc(-c2ccc(O)cc2)cs1. The zero-order valence-corrected chi connectivity index (χ0v) is 11.1. The molecule has 0 unspecified atom stereocenters. The summed E-state index contributed by atoms with van der Waals surface area (Å²) in [4.78, 5) is 14.7. The molecule has 0 aliphatic carbocycles. The van der Waals surface area contributed by atoms with E-state index in [4.69, 9.17) is 10.2 Å². The number of aromatic hydroxyl groups is 1. The summed E-state index contributed by atoms with van der Waals surface area (Å²) in [5.74, 6) is -0.684. The number of rotatable bonds is 3. The average Bonchev–Trinajstić information content (AvgIpc) is 2.80. The lowest BCUT2D eigenvalue weighted by Gasteiger charge is -1.96. The molecule has 0 radical (unpaired) electrons. The predicted octanol–water partition coefficient (Wildman–Crippen LogP) is 3.17. The van der Waals surface area contributed by atoms with Crippen molar-refractivity contribution >= 4 is 17.3 Å². The van der Waals surface area contributed by atoms with Crippen molar-refractivity contribution in [2.24, 2.45) is 0 Å². The van der Waals surface area contributed by atoms with Gasteiger partial charge >= 0.3 is 5.97 Å². The molecule has 0 fully saturated rings. The molecule has 0 aliphatic heterocycles. The average molecular weight is 265 g/mol. The molecule has 5 heteroatoms. The Labute approximate surface area is 110 Å². The number of phenols is 1. The van der Waals surface area contributed by atoms with Gasteiger partial charge < -0.3 is 10.2 Å². The number of carboxylic acids is 1. The molecule has 0 saturated carbocycles. The number of thiazole rings is 1. The Hall–Kier alpha value is -1.88. The summed E-state index contributed by atoms with van der Waals surface area (Å²) >= 11 is 1.32. The van der Waals surface area contributed by atoms with Gasteiger partial charge in [0, 0.05) is 10.9 Å². The number of carbonyl (C=O) groups is 1. The van der Waals surface area contributed by atoms with Gasteiger partial charge in [-0.3, -0.25) is 4.79 Å². The molecule has 2 rings (SSSR count). The fourth-order valence-electron chi connectivity index (χ4n) is 1.29. The maximum Gasteiger partial charge on any atom is 0.310 e. The minimum atomic E-state index is -0.883. The van der Waals surface area contributed by atoms with Crippen LogP contribution in [-0.2, 0) is 11.2 Å². The number of hydrogen-bond acceptors (Lipinski definition) is 4. The fraction of sp³-hybridized carbons (Fsp3) is 0.231. The van der Waals surface area contributed by atoms with Gasteiger partial charge in [0.1, 0.15) is 10.8 Å². The highest BCUT2D eigenvalue weighted by Crippen LogP contribution is 2.23.